The summed E-state index contributed by atoms with van der Waals surface area (Å²) < 4.78 is 1.36. The van der Waals surface area contributed by atoms with Crippen LogP contribution in [0.2, 0.25) is 0 Å². The topological polar surface area (TPSA) is 84.2 Å². The molecule has 2 rings (SSSR count). The van der Waals surface area contributed by atoms with Gasteiger partial charge in [-0.1, -0.05) is 4.98 Å². The maximum atomic E-state index is 10.5. The summed E-state index contributed by atoms with van der Waals surface area (Å²) in [7, 11) is 0. The van der Waals surface area contributed by atoms with Crippen LogP contribution in [-0.2, 0) is 6.54 Å². The molecule has 1 fully saturated rings. The van der Waals surface area contributed by atoms with Gasteiger partial charge in [-0.25, -0.2) is 4.57 Å². The minimum absolute atomic E-state index is 0.215. The van der Waals surface area contributed by atoms with Crippen LogP contribution in [0.5, 0.6) is 0 Å². The molecule has 1 aromatic heterocycles. The molecule has 0 bridgehead atoms. The van der Waals surface area contributed by atoms with Crippen molar-refractivity contribution in [3.05, 3.63) is 22.5 Å². The summed E-state index contributed by atoms with van der Waals surface area (Å²) in [4.78, 5) is 15.6. The number of aliphatic hydroxyl groups excluding tert-OH is 1. The number of β-amino-alcohol motifs (C(OH)–C–C–N with tert-alkyl or cyclic N) is 1. The van der Waals surface area contributed by atoms with E-state index in [9.17, 15) is 15.2 Å². The lowest BCUT2D eigenvalue weighted by Crippen LogP contribution is -2.24. The molecule has 1 aromatic rings. The van der Waals surface area contributed by atoms with Gasteiger partial charge in [0.15, 0.2) is 0 Å². The van der Waals surface area contributed by atoms with Crippen molar-refractivity contribution in [3.63, 3.8) is 0 Å². The molecule has 7 heteroatoms. The number of aromatic nitrogens is 2. The van der Waals surface area contributed by atoms with Crippen molar-refractivity contribution in [3.8, 4) is 0 Å². The summed E-state index contributed by atoms with van der Waals surface area (Å²) in [5.74, 6) is -0.222. The van der Waals surface area contributed by atoms with Gasteiger partial charge in [0.1, 0.15) is 12.4 Å². The van der Waals surface area contributed by atoms with E-state index in [1.165, 1.54) is 17.0 Å². The number of hydrogen-bond donors (Lipinski definition) is 1. The van der Waals surface area contributed by atoms with Crippen LogP contribution >= 0.6 is 0 Å². The highest BCUT2D eigenvalue weighted by Gasteiger charge is 2.23. The summed E-state index contributed by atoms with van der Waals surface area (Å²) in [5, 5.41) is 20.2. The fraction of sp³-hybridized carbons (Fsp3) is 0.625. The van der Waals surface area contributed by atoms with Gasteiger partial charge in [-0.2, -0.15) is 0 Å². The van der Waals surface area contributed by atoms with Gasteiger partial charge in [0.2, 0.25) is 0 Å². The van der Waals surface area contributed by atoms with E-state index in [0.717, 1.165) is 13.1 Å². The number of hydrogen-bond acceptors (Lipinski definition) is 5. The highest BCUT2D eigenvalue weighted by atomic mass is 16.6. The zero-order chi connectivity index (χ0) is 10.8. The first-order valence-electron chi connectivity index (χ1n) is 4.73. The Morgan fingerprint density at radius 2 is 2.33 bits per heavy atom. The molecule has 82 valence electrons. The number of rotatable bonds is 5. The SMILES string of the molecule is O=[N+]([O-])c1nccn1CC(O)CN1CC1. The van der Waals surface area contributed by atoms with Crippen molar-refractivity contribution in [2.45, 2.75) is 12.6 Å². The first-order chi connectivity index (χ1) is 7.16. The van der Waals surface area contributed by atoms with Crippen LogP contribution in [0.25, 0.3) is 0 Å². The molecular weight excluding hydrogens is 200 g/mol. The van der Waals surface area contributed by atoms with Gasteiger partial charge < -0.3 is 15.2 Å². The van der Waals surface area contributed by atoms with Crippen LogP contribution in [0.3, 0.4) is 0 Å². The molecule has 2 heterocycles. The first kappa shape index (κ1) is 10.1. The Morgan fingerprint density at radius 3 is 2.93 bits per heavy atom. The minimum Gasteiger partial charge on any atom is -0.390 e. The summed E-state index contributed by atoms with van der Waals surface area (Å²) in [6, 6.07) is 0. The van der Waals surface area contributed by atoms with Crippen molar-refractivity contribution in [2.24, 2.45) is 0 Å². The molecule has 1 aliphatic heterocycles. The van der Waals surface area contributed by atoms with E-state index in [-0.39, 0.29) is 12.5 Å². The smallest absolute Gasteiger partial charge is 0.390 e. The highest BCUT2D eigenvalue weighted by Crippen LogP contribution is 2.10. The highest BCUT2D eigenvalue weighted by molar-refractivity contribution is 5.06. The molecule has 0 amide bonds. The van der Waals surface area contributed by atoms with Crippen molar-refractivity contribution >= 4 is 5.95 Å². The molecule has 1 saturated heterocycles. The van der Waals surface area contributed by atoms with Crippen LogP contribution < -0.4 is 0 Å². The molecule has 1 N–H and O–H groups in total. The number of nitro groups is 1. The molecule has 0 aromatic carbocycles. The molecule has 1 atom stereocenters. The molecule has 1 aliphatic rings. The van der Waals surface area contributed by atoms with E-state index in [2.05, 4.69) is 9.88 Å². The third kappa shape index (κ3) is 2.51. The average Bonchev–Trinajstić information content (AvgIpc) is 2.82. The van der Waals surface area contributed by atoms with Gasteiger partial charge in [0.25, 0.3) is 0 Å². The van der Waals surface area contributed by atoms with E-state index in [1.807, 2.05) is 0 Å². The lowest BCUT2D eigenvalue weighted by Gasteiger charge is -2.09. The van der Waals surface area contributed by atoms with E-state index in [1.54, 1.807) is 0 Å². The van der Waals surface area contributed by atoms with E-state index < -0.39 is 11.0 Å². The van der Waals surface area contributed by atoms with Crippen molar-refractivity contribution in [1.29, 1.82) is 0 Å². The van der Waals surface area contributed by atoms with E-state index in [0.29, 0.717) is 6.54 Å². The standard InChI is InChI=1S/C8H12N4O3/c13-7(5-10-3-4-10)6-11-2-1-9-8(11)12(14)15/h1-2,7,13H,3-6H2. The fourth-order valence-corrected chi connectivity index (χ4v) is 1.45. The molecule has 1 unspecified atom stereocenters. The second-order valence-corrected chi connectivity index (χ2v) is 3.59. The van der Waals surface area contributed by atoms with Crippen LogP contribution in [0.15, 0.2) is 12.4 Å². The molecule has 0 radical (unpaired) electrons. The lowest BCUT2D eigenvalue weighted by atomic mass is 10.3. The average molecular weight is 212 g/mol. The number of imidazole rings is 1. The Balaban J connectivity index is 1.96. The maximum absolute atomic E-state index is 10.5. The fourth-order valence-electron chi connectivity index (χ4n) is 1.45. The Hall–Kier alpha value is -1.47. The van der Waals surface area contributed by atoms with Crippen LogP contribution in [0.1, 0.15) is 0 Å². The molecule has 0 spiro atoms. The summed E-state index contributed by atoms with van der Waals surface area (Å²) in [6.07, 6.45) is 2.28. The van der Waals surface area contributed by atoms with E-state index >= 15 is 0 Å². The number of aliphatic hydroxyl groups is 1. The second-order valence-electron chi connectivity index (χ2n) is 3.59. The van der Waals surface area contributed by atoms with Crippen LogP contribution in [0.4, 0.5) is 5.95 Å². The maximum Gasteiger partial charge on any atom is 0.434 e. The third-order valence-electron chi connectivity index (χ3n) is 2.27. The van der Waals surface area contributed by atoms with Gasteiger partial charge in [0, 0.05) is 19.6 Å². The quantitative estimate of drug-likeness (QED) is 0.403. The molecular formula is C8H12N4O3. The normalized spacial score (nSPS) is 17.7. The van der Waals surface area contributed by atoms with Crippen LogP contribution in [0, 0.1) is 10.1 Å². The number of nitrogens with zero attached hydrogens (tertiary/aromatic N) is 4. The monoisotopic (exact) mass is 212 g/mol. The largest absolute Gasteiger partial charge is 0.434 e. The van der Waals surface area contributed by atoms with Crippen LogP contribution in [-0.4, -0.2) is 50.2 Å². The van der Waals surface area contributed by atoms with Crippen molar-refractivity contribution in [1.82, 2.24) is 14.5 Å². The molecule has 0 saturated carbocycles. The zero-order valence-corrected chi connectivity index (χ0v) is 8.11. The van der Waals surface area contributed by atoms with Gasteiger partial charge in [0.05, 0.1) is 12.6 Å². The predicted octanol–water partition coefficient (Wildman–Crippen LogP) is -0.532. The Labute approximate surface area is 86.1 Å². The lowest BCUT2D eigenvalue weighted by molar-refractivity contribution is -0.397. The minimum atomic E-state index is -0.583. The summed E-state index contributed by atoms with van der Waals surface area (Å²) in [6.45, 7) is 2.79. The van der Waals surface area contributed by atoms with E-state index in [4.69, 9.17) is 0 Å². The molecule has 0 aliphatic carbocycles. The Bertz CT molecular complexity index is 361. The predicted molar refractivity (Wildman–Crippen MR) is 51.3 cm³/mol. The molecule has 7 nitrogen and oxygen atoms in total. The third-order valence-corrected chi connectivity index (χ3v) is 2.27. The van der Waals surface area contributed by atoms with Crippen molar-refractivity contribution in [2.75, 3.05) is 19.6 Å². The zero-order valence-electron chi connectivity index (χ0n) is 8.11. The van der Waals surface area contributed by atoms with Crippen molar-refractivity contribution < 1.29 is 10.0 Å². The van der Waals surface area contributed by atoms with Gasteiger partial charge in [-0.05, 0) is 4.92 Å². The second kappa shape index (κ2) is 3.95. The van der Waals surface area contributed by atoms with Gasteiger partial charge >= 0.3 is 5.95 Å². The Morgan fingerprint density at radius 1 is 1.60 bits per heavy atom. The summed E-state index contributed by atoms with van der Waals surface area (Å²) in [5.41, 5.74) is 0. The Kier molecular flexibility index (Phi) is 2.65. The summed E-state index contributed by atoms with van der Waals surface area (Å²) >= 11 is 0. The van der Waals surface area contributed by atoms with Gasteiger partial charge in [-0.15, -0.1) is 0 Å². The van der Waals surface area contributed by atoms with Gasteiger partial charge in [-0.3, -0.25) is 4.90 Å². The molecule has 15 heavy (non-hydrogen) atoms. The first-order valence-corrected chi connectivity index (χ1v) is 4.73.